The Hall–Kier alpha value is -4.91. The van der Waals surface area contributed by atoms with Crippen LogP contribution in [0.5, 0.6) is 5.75 Å². The minimum absolute atomic E-state index is 0.327. The van der Waals surface area contributed by atoms with Crippen molar-refractivity contribution in [2.75, 3.05) is 19.4 Å². The van der Waals surface area contributed by atoms with Crippen LogP contribution in [-0.2, 0) is 5.41 Å². The molecule has 0 radical (unpaired) electrons. The molecular weight excluding hydrogens is 659 g/mol. The molecule has 1 fully saturated rings. The van der Waals surface area contributed by atoms with Gasteiger partial charge >= 0.3 is 0 Å². The van der Waals surface area contributed by atoms with Crippen molar-refractivity contribution in [3.63, 3.8) is 0 Å². The maximum Gasteiger partial charge on any atom is 0.143 e. The van der Waals surface area contributed by atoms with Crippen molar-refractivity contribution in [2.24, 2.45) is 10.7 Å². The van der Waals surface area contributed by atoms with E-state index in [1.165, 1.54) is 12.1 Å². The zero-order chi connectivity index (χ0) is 37.5. The molecule has 2 unspecified atom stereocenters. The fourth-order valence-electron chi connectivity index (χ4n) is 6.00. The predicted octanol–water partition coefficient (Wildman–Crippen LogP) is 9.44. The molecule has 1 saturated carbocycles. The minimum Gasteiger partial charge on any atom is -0.495 e. The predicted molar refractivity (Wildman–Crippen MR) is 211 cm³/mol. The van der Waals surface area contributed by atoms with E-state index in [9.17, 15) is 4.39 Å². The van der Waals surface area contributed by atoms with Crippen molar-refractivity contribution in [1.82, 2.24) is 15.3 Å². The van der Waals surface area contributed by atoms with Crippen molar-refractivity contribution in [3.8, 4) is 17.0 Å². The Labute approximate surface area is 307 Å². The smallest absolute Gasteiger partial charge is 0.143 e. The number of halogens is 2. The Kier molecular flexibility index (Phi) is 12.9. The molecule has 1 aliphatic rings. The first-order chi connectivity index (χ1) is 24.4. The lowest BCUT2D eigenvalue weighted by Crippen LogP contribution is -2.30. The van der Waals surface area contributed by atoms with E-state index in [2.05, 4.69) is 54.1 Å². The van der Waals surface area contributed by atoms with E-state index < -0.39 is 5.41 Å². The molecule has 0 aliphatic heterocycles. The number of hydrogen-bond acceptors (Lipinski definition) is 7. The number of nitrogens with one attached hydrogen (secondary N) is 1. The van der Waals surface area contributed by atoms with E-state index in [1.807, 2.05) is 52.1 Å². The summed E-state index contributed by atoms with van der Waals surface area (Å²) in [4.78, 5) is 14.3. The Morgan fingerprint density at radius 1 is 1.20 bits per heavy atom. The molecule has 51 heavy (non-hydrogen) atoms. The van der Waals surface area contributed by atoms with Crippen LogP contribution in [0.25, 0.3) is 17.0 Å². The van der Waals surface area contributed by atoms with Gasteiger partial charge in [0.15, 0.2) is 0 Å². The van der Waals surface area contributed by atoms with E-state index in [4.69, 9.17) is 32.8 Å². The third kappa shape index (κ3) is 8.53. The van der Waals surface area contributed by atoms with Crippen molar-refractivity contribution in [3.05, 3.63) is 129 Å². The van der Waals surface area contributed by atoms with Gasteiger partial charge < -0.3 is 21.5 Å². The van der Waals surface area contributed by atoms with Gasteiger partial charge in [0, 0.05) is 52.7 Å². The molecule has 0 bridgehead atoms. The zero-order valence-electron chi connectivity index (χ0n) is 30.8. The first kappa shape index (κ1) is 38.9. The summed E-state index contributed by atoms with van der Waals surface area (Å²) in [5.74, 6) is -0.145. The van der Waals surface area contributed by atoms with Crippen LogP contribution >= 0.6 is 11.6 Å². The summed E-state index contributed by atoms with van der Waals surface area (Å²) in [6.45, 7) is 20.6. The third-order valence-electron chi connectivity index (χ3n) is 9.56. The fourth-order valence-corrected chi connectivity index (χ4v) is 6.20. The molecule has 0 spiro atoms. The number of aromatic nitrogens is 2. The monoisotopic (exact) mass is 708 g/mol. The summed E-state index contributed by atoms with van der Waals surface area (Å²) in [5.41, 5.74) is 24.4. The van der Waals surface area contributed by atoms with Gasteiger partial charge in [0.25, 0.3) is 0 Å². The molecule has 5 N–H and O–H groups in total. The van der Waals surface area contributed by atoms with Gasteiger partial charge in [-0.05, 0) is 86.2 Å². The molecule has 2 atom stereocenters. The molecular formula is C42H50ClFN6O. The number of allylic oxidation sites excluding steroid dienone is 1. The number of aryl methyl sites for hydroxylation is 1. The number of ether oxygens (including phenoxy) is 1. The van der Waals surface area contributed by atoms with Gasteiger partial charge in [-0.1, -0.05) is 64.6 Å². The van der Waals surface area contributed by atoms with Crippen LogP contribution in [0.4, 0.5) is 10.1 Å². The summed E-state index contributed by atoms with van der Waals surface area (Å²) >= 11 is 6.86. The summed E-state index contributed by atoms with van der Waals surface area (Å²) in [7, 11) is 1.58. The molecule has 0 saturated heterocycles. The van der Waals surface area contributed by atoms with Crippen LogP contribution in [0.1, 0.15) is 92.1 Å². The number of methoxy groups -OCH3 is 1. The average molecular weight is 709 g/mol. The highest BCUT2D eigenvalue weighted by Crippen LogP contribution is 2.41. The second kappa shape index (κ2) is 16.9. The number of anilines is 1. The van der Waals surface area contributed by atoms with Crippen molar-refractivity contribution in [1.29, 1.82) is 0 Å². The van der Waals surface area contributed by atoms with E-state index in [0.29, 0.717) is 52.6 Å². The third-order valence-corrected chi connectivity index (χ3v) is 10.0. The van der Waals surface area contributed by atoms with Gasteiger partial charge in [-0.3, -0.25) is 15.0 Å². The van der Waals surface area contributed by atoms with Crippen LogP contribution in [0, 0.1) is 19.7 Å². The molecule has 0 amide bonds. The average Bonchev–Trinajstić information content (AvgIpc) is 3.97. The highest BCUT2D eigenvalue weighted by atomic mass is 35.5. The summed E-state index contributed by atoms with van der Waals surface area (Å²) in [5, 5.41) is 4.08. The van der Waals surface area contributed by atoms with Crippen molar-refractivity contribution >= 4 is 29.2 Å². The molecule has 5 rings (SSSR count). The van der Waals surface area contributed by atoms with Crippen LogP contribution in [0.2, 0.25) is 5.02 Å². The van der Waals surface area contributed by atoms with Crippen LogP contribution < -0.4 is 21.5 Å². The van der Waals surface area contributed by atoms with Gasteiger partial charge in [0.1, 0.15) is 11.6 Å². The van der Waals surface area contributed by atoms with E-state index >= 15 is 0 Å². The quantitative estimate of drug-likeness (QED) is 0.0725. The first-order valence-corrected chi connectivity index (χ1v) is 17.8. The Balaban J connectivity index is 0.00000286. The molecule has 2 aromatic heterocycles. The second-order valence-electron chi connectivity index (χ2n) is 12.8. The number of nitrogens with two attached hydrogens (primary N) is 2. The molecule has 4 aromatic rings. The second-order valence-corrected chi connectivity index (χ2v) is 13.1. The van der Waals surface area contributed by atoms with Crippen LogP contribution in [-0.4, -0.2) is 35.9 Å². The molecule has 1 aliphatic carbocycles. The Bertz CT molecular complexity index is 1960. The lowest BCUT2D eigenvalue weighted by Gasteiger charge is -2.33. The maximum absolute atomic E-state index is 14.2. The fraction of sp³-hybridized carbons (Fsp3) is 0.333. The van der Waals surface area contributed by atoms with Gasteiger partial charge in [0.05, 0.1) is 46.6 Å². The number of hydrogen-bond donors (Lipinski definition) is 3. The highest BCUT2D eigenvalue weighted by molar-refractivity contribution is 6.33. The summed E-state index contributed by atoms with van der Waals surface area (Å²) in [6, 6.07) is 14.6. The molecule has 2 heterocycles. The number of benzene rings is 2. The molecule has 2 aromatic carbocycles. The Morgan fingerprint density at radius 2 is 1.88 bits per heavy atom. The standard InChI is InChI=1S/C40H44ClFN6O.C2H6/c1-8-34(27-18-28(21-46-30-14-15-30)38(44)36(19-27)49-7)47-22-32(26-10-12-29(42)13-11-26)35-20-33(40(6,9-2)25(5)43)23(3)39(48-35)31-16-17-45-24(4)37(31)41;1-2/h10-13,16-21,30,32,47H,1,5,9,14-15,22,43-44H2,2-4,6-7H3;1-2H3. The van der Waals surface area contributed by atoms with E-state index in [1.54, 1.807) is 25.4 Å². The summed E-state index contributed by atoms with van der Waals surface area (Å²) < 4.78 is 19.9. The molecule has 7 nitrogen and oxygen atoms in total. The first-order valence-electron chi connectivity index (χ1n) is 17.4. The molecule has 9 heteroatoms. The van der Waals surface area contributed by atoms with E-state index in [0.717, 1.165) is 57.6 Å². The largest absolute Gasteiger partial charge is 0.495 e. The number of pyridine rings is 2. The van der Waals surface area contributed by atoms with Gasteiger partial charge in [-0.2, -0.15) is 0 Å². The van der Waals surface area contributed by atoms with Crippen LogP contribution in [0.3, 0.4) is 0 Å². The van der Waals surface area contributed by atoms with Crippen molar-refractivity contribution < 1.29 is 9.13 Å². The maximum atomic E-state index is 14.2. The van der Waals surface area contributed by atoms with Crippen molar-refractivity contribution in [2.45, 2.75) is 78.2 Å². The number of nitrogen functional groups attached to an aromatic ring is 1. The van der Waals surface area contributed by atoms with Gasteiger partial charge in [-0.15, -0.1) is 5.73 Å². The minimum atomic E-state index is -0.559. The summed E-state index contributed by atoms with van der Waals surface area (Å²) in [6.07, 6.45) is 6.41. The lowest BCUT2D eigenvalue weighted by molar-refractivity contribution is 0.417. The number of nitrogens with zero attached hydrogens (tertiary/aromatic N) is 3. The normalized spacial score (nSPS) is 14.1. The topological polar surface area (TPSA) is 111 Å². The zero-order valence-corrected chi connectivity index (χ0v) is 31.6. The van der Waals surface area contributed by atoms with Gasteiger partial charge in [0.2, 0.25) is 0 Å². The highest BCUT2D eigenvalue weighted by Gasteiger charge is 2.32. The van der Waals surface area contributed by atoms with E-state index in [-0.39, 0.29) is 11.7 Å². The number of rotatable bonds is 13. The SMILES string of the molecule is C=C=C(NCC(c1ccc(F)cc1)c1cc(C(C)(CC)C(=C)N)c(C)c(-c2ccnc(C)c2Cl)n1)c1cc(C=NC2CC2)c(N)c(OC)c1.CC. The molecule has 268 valence electrons. The lowest BCUT2D eigenvalue weighted by atomic mass is 9.74. The van der Waals surface area contributed by atoms with Crippen LogP contribution in [0.15, 0.2) is 84.3 Å². The van der Waals surface area contributed by atoms with Gasteiger partial charge in [-0.25, -0.2) is 4.39 Å². The number of aliphatic imine (C=N–C) groups is 1. The Morgan fingerprint density at radius 3 is 2.47 bits per heavy atom.